The molecular formula is C22H31BrCl2N2O3. The van der Waals surface area contributed by atoms with Gasteiger partial charge in [0, 0.05) is 43.7 Å². The maximum absolute atomic E-state index is 10.2. The summed E-state index contributed by atoms with van der Waals surface area (Å²) in [5, 5.41) is 10.2. The van der Waals surface area contributed by atoms with E-state index >= 15 is 0 Å². The highest BCUT2D eigenvalue weighted by Gasteiger charge is 2.19. The Hall–Kier alpha value is -0.860. The Morgan fingerprint density at radius 2 is 1.50 bits per heavy atom. The van der Waals surface area contributed by atoms with Crippen molar-refractivity contribution in [3.63, 3.8) is 0 Å². The second kappa shape index (κ2) is 15.0. The van der Waals surface area contributed by atoms with Gasteiger partial charge in [0.05, 0.1) is 19.3 Å². The Morgan fingerprint density at radius 1 is 0.867 bits per heavy atom. The zero-order valence-corrected chi connectivity index (χ0v) is 20.2. The lowest BCUT2D eigenvalue weighted by Crippen LogP contribution is -2.48. The Morgan fingerprint density at radius 3 is 2.17 bits per heavy atom. The molecular weight excluding hydrogens is 491 g/mol. The smallest absolute Gasteiger partial charge is 0.119 e. The van der Waals surface area contributed by atoms with Crippen LogP contribution in [0, 0.1) is 0 Å². The SMILES string of the molecule is Cl.Cl.OC(COCCOc1ccc(Br)cc1)CN1CCN(Cc2ccccc2)CC1. The molecule has 0 aliphatic carbocycles. The van der Waals surface area contributed by atoms with Crippen molar-refractivity contribution in [2.45, 2.75) is 12.6 Å². The molecule has 8 heteroatoms. The number of β-amino-alcohol motifs (C(OH)–C–C–N with tert-alkyl or cyclic N) is 1. The molecule has 0 amide bonds. The molecule has 1 saturated heterocycles. The molecule has 30 heavy (non-hydrogen) atoms. The van der Waals surface area contributed by atoms with Gasteiger partial charge in [-0.05, 0) is 29.8 Å². The highest BCUT2D eigenvalue weighted by molar-refractivity contribution is 9.10. The molecule has 3 rings (SSSR count). The molecule has 5 nitrogen and oxygen atoms in total. The highest BCUT2D eigenvalue weighted by atomic mass is 79.9. The van der Waals surface area contributed by atoms with Crippen molar-refractivity contribution in [1.29, 1.82) is 0 Å². The first kappa shape index (κ1) is 27.2. The fourth-order valence-electron chi connectivity index (χ4n) is 3.29. The van der Waals surface area contributed by atoms with Gasteiger partial charge in [-0.1, -0.05) is 46.3 Å². The summed E-state index contributed by atoms with van der Waals surface area (Å²) in [6.07, 6.45) is -0.464. The van der Waals surface area contributed by atoms with E-state index in [9.17, 15) is 5.11 Å². The van der Waals surface area contributed by atoms with E-state index in [1.54, 1.807) is 0 Å². The number of rotatable bonds is 10. The first-order valence-electron chi connectivity index (χ1n) is 9.82. The molecule has 1 heterocycles. The standard InChI is InChI=1S/C22H29BrN2O3.2ClH/c23-20-6-8-22(9-7-20)28-15-14-27-18-21(26)17-25-12-10-24(11-13-25)16-19-4-2-1-3-5-19;;/h1-9,21,26H,10-18H2;2*1H. The summed E-state index contributed by atoms with van der Waals surface area (Å²) in [6, 6.07) is 18.3. The molecule has 0 radical (unpaired) electrons. The molecule has 2 aromatic carbocycles. The van der Waals surface area contributed by atoms with Crippen LogP contribution in [0.2, 0.25) is 0 Å². The van der Waals surface area contributed by atoms with E-state index < -0.39 is 6.10 Å². The number of hydrogen-bond acceptors (Lipinski definition) is 5. The van der Waals surface area contributed by atoms with Crippen molar-refractivity contribution in [2.75, 3.05) is 52.5 Å². The van der Waals surface area contributed by atoms with Gasteiger partial charge in [-0.15, -0.1) is 24.8 Å². The van der Waals surface area contributed by atoms with Gasteiger partial charge < -0.3 is 14.6 Å². The van der Waals surface area contributed by atoms with Crippen LogP contribution >= 0.6 is 40.7 Å². The average Bonchev–Trinajstić information content (AvgIpc) is 2.71. The van der Waals surface area contributed by atoms with Gasteiger partial charge in [-0.25, -0.2) is 0 Å². The van der Waals surface area contributed by atoms with Crippen molar-refractivity contribution in [3.05, 3.63) is 64.6 Å². The Labute approximate surface area is 200 Å². The molecule has 1 fully saturated rings. The van der Waals surface area contributed by atoms with Crippen molar-refractivity contribution in [1.82, 2.24) is 9.80 Å². The zero-order chi connectivity index (χ0) is 19.6. The number of hydrogen-bond donors (Lipinski definition) is 1. The van der Waals surface area contributed by atoms with Crippen LogP contribution < -0.4 is 4.74 Å². The summed E-state index contributed by atoms with van der Waals surface area (Å²) in [7, 11) is 0. The van der Waals surface area contributed by atoms with Crippen LogP contribution in [-0.2, 0) is 11.3 Å². The number of aliphatic hydroxyl groups excluding tert-OH is 1. The van der Waals surface area contributed by atoms with Crippen molar-refractivity contribution in [3.8, 4) is 5.75 Å². The topological polar surface area (TPSA) is 45.2 Å². The number of nitrogens with zero attached hydrogens (tertiary/aromatic N) is 2. The summed E-state index contributed by atoms with van der Waals surface area (Å²) >= 11 is 3.40. The highest BCUT2D eigenvalue weighted by Crippen LogP contribution is 2.15. The molecule has 2 aromatic rings. The summed E-state index contributed by atoms with van der Waals surface area (Å²) in [4.78, 5) is 4.78. The minimum Gasteiger partial charge on any atom is -0.491 e. The molecule has 168 valence electrons. The third kappa shape index (κ3) is 9.96. The van der Waals surface area contributed by atoms with Crippen LogP contribution in [0.1, 0.15) is 5.56 Å². The van der Waals surface area contributed by atoms with Crippen LogP contribution in [0.4, 0.5) is 0 Å². The van der Waals surface area contributed by atoms with Gasteiger partial charge in [0.25, 0.3) is 0 Å². The van der Waals surface area contributed by atoms with Crippen LogP contribution in [0.25, 0.3) is 0 Å². The van der Waals surface area contributed by atoms with Crippen LogP contribution in [-0.4, -0.2) is 73.6 Å². The van der Waals surface area contributed by atoms with Gasteiger partial charge in [0.1, 0.15) is 12.4 Å². The van der Waals surface area contributed by atoms with Gasteiger partial charge in [-0.2, -0.15) is 0 Å². The number of halogens is 3. The Bertz CT molecular complexity index is 687. The quantitative estimate of drug-likeness (QED) is 0.481. The zero-order valence-electron chi connectivity index (χ0n) is 17.0. The molecule has 0 saturated carbocycles. The van der Waals surface area contributed by atoms with Gasteiger partial charge in [0.15, 0.2) is 0 Å². The second-order valence-corrected chi connectivity index (χ2v) is 8.01. The van der Waals surface area contributed by atoms with E-state index in [2.05, 4.69) is 56.1 Å². The van der Waals surface area contributed by atoms with E-state index in [0.717, 1.165) is 42.9 Å². The molecule has 0 spiro atoms. The van der Waals surface area contributed by atoms with Crippen molar-refractivity contribution in [2.24, 2.45) is 0 Å². The minimum absolute atomic E-state index is 0. The van der Waals surface area contributed by atoms with E-state index in [-0.39, 0.29) is 24.8 Å². The Kier molecular flexibility index (Phi) is 13.6. The van der Waals surface area contributed by atoms with Gasteiger partial charge in [0.2, 0.25) is 0 Å². The van der Waals surface area contributed by atoms with Gasteiger partial charge in [-0.3, -0.25) is 9.80 Å². The third-order valence-electron chi connectivity index (χ3n) is 4.80. The van der Waals surface area contributed by atoms with E-state index in [0.29, 0.717) is 26.4 Å². The minimum atomic E-state index is -0.464. The van der Waals surface area contributed by atoms with Crippen LogP contribution in [0.5, 0.6) is 5.75 Å². The molecule has 0 bridgehead atoms. The fraction of sp³-hybridized carbons (Fsp3) is 0.455. The molecule has 1 aliphatic rings. The fourth-order valence-corrected chi connectivity index (χ4v) is 3.56. The summed E-state index contributed by atoms with van der Waals surface area (Å²) < 4.78 is 12.2. The maximum Gasteiger partial charge on any atom is 0.119 e. The summed E-state index contributed by atoms with van der Waals surface area (Å²) in [5.74, 6) is 0.820. The van der Waals surface area contributed by atoms with Crippen molar-refractivity contribution < 1.29 is 14.6 Å². The third-order valence-corrected chi connectivity index (χ3v) is 5.33. The summed E-state index contributed by atoms with van der Waals surface area (Å²) in [6.45, 7) is 6.98. The lowest BCUT2D eigenvalue weighted by atomic mass is 10.2. The van der Waals surface area contributed by atoms with E-state index in [1.165, 1.54) is 5.56 Å². The first-order valence-corrected chi connectivity index (χ1v) is 10.6. The average molecular weight is 522 g/mol. The lowest BCUT2D eigenvalue weighted by Gasteiger charge is -2.35. The molecule has 1 aliphatic heterocycles. The molecule has 0 aromatic heterocycles. The number of aliphatic hydroxyl groups is 1. The van der Waals surface area contributed by atoms with E-state index in [4.69, 9.17) is 9.47 Å². The number of benzene rings is 2. The van der Waals surface area contributed by atoms with Crippen molar-refractivity contribution >= 4 is 40.7 Å². The predicted molar refractivity (Wildman–Crippen MR) is 129 cm³/mol. The normalized spacial score (nSPS) is 15.7. The lowest BCUT2D eigenvalue weighted by molar-refractivity contribution is -0.000436. The summed E-state index contributed by atoms with van der Waals surface area (Å²) in [5.41, 5.74) is 1.36. The molecule has 1 atom stereocenters. The predicted octanol–water partition coefficient (Wildman–Crippen LogP) is 3.87. The van der Waals surface area contributed by atoms with Crippen LogP contribution in [0.3, 0.4) is 0 Å². The monoisotopic (exact) mass is 520 g/mol. The van der Waals surface area contributed by atoms with Crippen LogP contribution in [0.15, 0.2) is 59.1 Å². The second-order valence-electron chi connectivity index (χ2n) is 7.09. The molecule has 1 unspecified atom stereocenters. The Balaban J connectivity index is 0.00000225. The number of piperazine rings is 1. The number of ether oxygens (including phenoxy) is 2. The van der Waals surface area contributed by atoms with E-state index in [1.807, 2.05) is 24.3 Å². The maximum atomic E-state index is 10.2. The molecule has 1 N–H and O–H groups in total. The van der Waals surface area contributed by atoms with Gasteiger partial charge >= 0.3 is 0 Å². The first-order chi connectivity index (χ1) is 13.7. The largest absolute Gasteiger partial charge is 0.491 e.